The molecule has 1 unspecified atom stereocenters. The van der Waals surface area contributed by atoms with E-state index in [0.717, 1.165) is 16.3 Å². The van der Waals surface area contributed by atoms with Gasteiger partial charge in [0.25, 0.3) is 0 Å². The normalized spacial score (nSPS) is 12.6. The van der Waals surface area contributed by atoms with E-state index in [2.05, 4.69) is 4.98 Å². The van der Waals surface area contributed by atoms with E-state index in [-0.39, 0.29) is 0 Å². The van der Waals surface area contributed by atoms with Crippen molar-refractivity contribution in [3.8, 4) is 0 Å². The van der Waals surface area contributed by atoms with Gasteiger partial charge in [0.2, 0.25) is 0 Å². The van der Waals surface area contributed by atoms with Gasteiger partial charge < -0.3 is 10.3 Å². The number of rotatable bonds is 4. The van der Waals surface area contributed by atoms with Crippen LogP contribution in [-0.2, 0) is 17.3 Å². The first-order valence-electron chi connectivity index (χ1n) is 5.80. The zero-order chi connectivity index (χ0) is 13.1. The minimum Gasteiger partial charge on any atom is -0.398 e. The molecule has 2 rings (SSSR count). The van der Waals surface area contributed by atoms with Crippen LogP contribution in [0.3, 0.4) is 0 Å². The van der Waals surface area contributed by atoms with Crippen LogP contribution in [0.2, 0.25) is 0 Å². The lowest BCUT2D eigenvalue weighted by Gasteiger charge is -2.08. The van der Waals surface area contributed by atoms with E-state index in [1.165, 1.54) is 0 Å². The number of benzene rings is 1. The van der Waals surface area contributed by atoms with E-state index in [1.807, 2.05) is 42.8 Å². The van der Waals surface area contributed by atoms with Crippen LogP contribution >= 0.6 is 0 Å². The predicted molar refractivity (Wildman–Crippen MR) is 73.8 cm³/mol. The lowest BCUT2D eigenvalue weighted by atomic mass is 10.2. The van der Waals surface area contributed by atoms with Crippen molar-refractivity contribution in [1.29, 1.82) is 0 Å². The fraction of sp³-hybridized carbons (Fsp3) is 0.308. The Balaban J connectivity index is 2.06. The summed E-state index contributed by atoms with van der Waals surface area (Å²) in [7, 11) is -1.07. The summed E-state index contributed by atoms with van der Waals surface area (Å²) in [4.78, 5) is 4.86. The largest absolute Gasteiger partial charge is 0.398 e. The number of anilines is 1. The average molecular weight is 263 g/mol. The third-order valence-corrected chi connectivity index (χ3v) is 4.27. The summed E-state index contributed by atoms with van der Waals surface area (Å²) < 4.78 is 14.2. The van der Waals surface area contributed by atoms with Crippen LogP contribution in [0.15, 0.2) is 35.5 Å². The van der Waals surface area contributed by atoms with Crippen molar-refractivity contribution in [3.05, 3.63) is 42.0 Å². The Morgan fingerprint density at radius 1 is 1.39 bits per heavy atom. The van der Waals surface area contributed by atoms with Gasteiger partial charge in [-0.1, -0.05) is 6.07 Å². The molecule has 0 fully saturated rings. The van der Waals surface area contributed by atoms with E-state index < -0.39 is 10.8 Å². The molecule has 0 saturated carbocycles. The monoisotopic (exact) mass is 263 g/mol. The molecule has 0 aliphatic heterocycles. The highest BCUT2D eigenvalue weighted by molar-refractivity contribution is 7.85. The number of hydrogen-bond acceptors (Lipinski definition) is 3. The number of nitrogen functional groups attached to an aromatic ring is 1. The molecule has 0 saturated heterocycles. The van der Waals surface area contributed by atoms with Crippen molar-refractivity contribution in [3.63, 3.8) is 0 Å². The summed E-state index contributed by atoms with van der Waals surface area (Å²) >= 11 is 0. The fourth-order valence-corrected chi connectivity index (χ4v) is 2.93. The van der Waals surface area contributed by atoms with Gasteiger partial charge in [0.05, 0.1) is 15.7 Å². The molecule has 4 nitrogen and oxygen atoms in total. The molecule has 5 heteroatoms. The van der Waals surface area contributed by atoms with Crippen molar-refractivity contribution >= 4 is 16.5 Å². The Morgan fingerprint density at radius 3 is 2.78 bits per heavy atom. The van der Waals surface area contributed by atoms with Crippen LogP contribution in [0.1, 0.15) is 11.4 Å². The topological polar surface area (TPSA) is 60.9 Å². The van der Waals surface area contributed by atoms with Crippen molar-refractivity contribution in [2.24, 2.45) is 0 Å². The molecular formula is C13H17N3OS. The maximum absolute atomic E-state index is 12.2. The van der Waals surface area contributed by atoms with Crippen LogP contribution in [0.4, 0.5) is 5.69 Å². The zero-order valence-electron chi connectivity index (χ0n) is 10.6. The Morgan fingerprint density at radius 2 is 2.17 bits per heavy atom. The molecule has 1 aromatic carbocycles. The molecule has 18 heavy (non-hydrogen) atoms. The summed E-state index contributed by atoms with van der Waals surface area (Å²) in [6.45, 7) is 4.59. The summed E-state index contributed by atoms with van der Waals surface area (Å²) in [6.07, 6.45) is 3.64. The van der Waals surface area contributed by atoms with Gasteiger partial charge in [0.1, 0.15) is 5.82 Å². The number of nitrogens with zero attached hydrogens (tertiary/aromatic N) is 2. The molecule has 0 spiro atoms. The van der Waals surface area contributed by atoms with Crippen LogP contribution in [-0.4, -0.2) is 19.5 Å². The van der Waals surface area contributed by atoms with Crippen LogP contribution in [0, 0.1) is 13.8 Å². The molecule has 0 amide bonds. The molecule has 2 aromatic rings. The van der Waals surface area contributed by atoms with E-state index in [1.54, 1.807) is 6.20 Å². The van der Waals surface area contributed by atoms with E-state index in [9.17, 15) is 4.21 Å². The maximum atomic E-state index is 12.2. The van der Waals surface area contributed by atoms with Crippen LogP contribution in [0.25, 0.3) is 0 Å². The number of nitrogens with two attached hydrogens (primary N) is 1. The second-order valence-corrected chi connectivity index (χ2v) is 5.80. The number of aromatic nitrogens is 2. The van der Waals surface area contributed by atoms with Gasteiger partial charge in [0, 0.05) is 30.4 Å². The van der Waals surface area contributed by atoms with Gasteiger partial charge >= 0.3 is 0 Å². The van der Waals surface area contributed by atoms with Gasteiger partial charge in [-0.25, -0.2) is 4.98 Å². The van der Waals surface area contributed by atoms with E-state index in [0.29, 0.717) is 18.0 Å². The highest BCUT2D eigenvalue weighted by atomic mass is 32.2. The zero-order valence-corrected chi connectivity index (χ0v) is 11.4. The van der Waals surface area contributed by atoms with Gasteiger partial charge in [-0.3, -0.25) is 4.21 Å². The van der Waals surface area contributed by atoms with Crippen molar-refractivity contribution in [2.45, 2.75) is 25.3 Å². The molecule has 1 atom stereocenters. The minimum atomic E-state index is -1.07. The van der Waals surface area contributed by atoms with Gasteiger partial charge in [0.15, 0.2) is 0 Å². The van der Waals surface area contributed by atoms with Crippen molar-refractivity contribution in [1.82, 2.24) is 9.55 Å². The fourth-order valence-electron chi connectivity index (χ4n) is 1.81. The Labute approximate surface area is 109 Å². The lowest BCUT2D eigenvalue weighted by Crippen LogP contribution is -2.10. The van der Waals surface area contributed by atoms with Crippen molar-refractivity contribution < 1.29 is 4.21 Å². The third kappa shape index (κ3) is 2.79. The highest BCUT2D eigenvalue weighted by Crippen LogP contribution is 2.18. The smallest absolute Gasteiger partial charge is 0.105 e. The Hall–Kier alpha value is -1.62. The summed E-state index contributed by atoms with van der Waals surface area (Å²) in [5.41, 5.74) is 7.58. The highest BCUT2D eigenvalue weighted by Gasteiger charge is 2.08. The Bertz CT molecular complexity index is 577. The lowest BCUT2D eigenvalue weighted by molar-refractivity contribution is 0.670. The van der Waals surface area contributed by atoms with Gasteiger partial charge in [-0.15, -0.1) is 0 Å². The summed E-state index contributed by atoms with van der Waals surface area (Å²) in [5.74, 6) is 1.48. The van der Waals surface area contributed by atoms with Crippen LogP contribution in [0.5, 0.6) is 0 Å². The number of imidazole rings is 1. The molecular weight excluding hydrogens is 246 g/mol. The molecule has 0 aliphatic rings. The second kappa shape index (κ2) is 5.35. The first-order valence-corrected chi connectivity index (χ1v) is 7.12. The molecule has 96 valence electrons. The molecule has 1 heterocycles. The summed E-state index contributed by atoms with van der Waals surface area (Å²) in [6, 6.07) is 5.64. The average Bonchev–Trinajstić information content (AvgIpc) is 2.72. The van der Waals surface area contributed by atoms with Gasteiger partial charge in [-0.2, -0.15) is 0 Å². The number of hydrogen-bond donors (Lipinski definition) is 1. The van der Waals surface area contributed by atoms with Crippen LogP contribution < -0.4 is 5.73 Å². The standard InChI is InChI=1S/C13H17N3OS/c1-10-3-4-13(12(14)9-10)18(17)8-7-16-6-5-15-11(16)2/h3-6,9H,7-8,14H2,1-2H3. The van der Waals surface area contributed by atoms with Gasteiger partial charge in [-0.05, 0) is 31.5 Å². The third-order valence-electron chi connectivity index (χ3n) is 2.85. The van der Waals surface area contributed by atoms with E-state index in [4.69, 9.17) is 5.73 Å². The predicted octanol–water partition coefficient (Wildman–Crippen LogP) is 1.89. The molecule has 0 aliphatic carbocycles. The molecule has 1 aromatic heterocycles. The van der Waals surface area contributed by atoms with Crippen molar-refractivity contribution in [2.75, 3.05) is 11.5 Å². The Kier molecular flexibility index (Phi) is 3.81. The summed E-state index contributed by atoms with van der Waals surface area (Å²) in [5, 5.41) is 0. The minimum absolute atomic E-state index is 0.546. The quantitative estimate of drug-likeness (QED) is 0.857. The second-order valence-electron chi connectivity index (χ2n) is 4.26. The maximum Gasteiger partial charge on any atom is 0.105 e. The first-order chi connectivity index (χ1) is 8.58. The molecule has 0 radical (unpaired) electrons. The van der Waals surface area contributed by atoms with E-state index >= 15 is 0 Å². The first kappa shape index (κ1) is 12.8. The SMILES string of the molecule is Cc1ccc(S(=O)CCn2ccnc2C)c(N)c1. The number of aryl methyl sites for hydroxylation is 3. The molecule has 0 bridgehead atoms. The molecule has 2 N–H and O–H groups in total.